The standard InChI is InChI=1S/C25H19ClN4O3/c1-3-23(31)29-17-6-4-5-15(11-17)16-7-10-22-20(12-16)24(28-14-27-22)30-25(32)19-9-8-18(33-2)13-21(19)26/h3-14H,1H2,2H3,(H,29,31)(H,27,28,30,32). The first-order chi connectivity index (χ1) is 16.0. The van der Waals surface area contributed by atoms with Crippen molar-refractivity contribution in [3.05, 3.63) is 90.2 Å². The largest absolute Gasteiger partial charge is 0.497 e. The summed E-state index contributed by atoms with van der Waals surface area (Å²) in [6, 6.07) is 17.9. The highest BCUT2D eigenvalue weighted by Gasteiger charge is 2.15. The van der Waals surface area contributed by atoms with Gasteiger partial charge in [0, 0.05) is 11.1 Å². The molecule has 0 saturated heterocycles. The van der Waals surface area contributed by atoms with Gasteiger partial charge in [0.05, 0.1) is 23.2 Å². The molecule has 1 heterocycles. The maximum atomic E-state index is 12.9. The number of fused-ring (bicyclic) bond motifs is 1. The fraction of sp³-hybridized carbons (Fsp3) is 0.0400. The third-order valence-corrected chi connectivity index (χ3v) is 5.25. The van der Waals surface area contributed by atoms with Gasteiger partial charge in [-0.25, -0.2) is 9.97 Å². The van der Waals surface area contributed by atoms with Crippen molar-refractivity contribution in [3.63, 3.8) is 0 Å². The zero-order chi connectivity index (χ0) is 23.4. The molecule has 0 saturated carbocycles. The number of anilines is 2. The van der Waals surface area contributed by atoms with Gasteiger partial charge in [0.25, 0.3) is 5.91 Å². The Hall–Kier alpha value is -4.23. The summed E-state index contributed by atoms with van der Waals surface area (Å²) in [5, 5.41) is 6.50. The van der Waals surface area contributed by atoms with Gasteiger partial charge in [-0.15, -0.1) is 0 Å². The maximum absolute atomic E-state index is 12.9. The highest BCUT2D eigenvalue weighted by atomic mass is 35.5. The number of ether oxygens (including phenoxy) is 1. The summed E-state index contributed by atoms with van der Waals surface area (Å²) in [7, 11) is 1.53. The number of hydrogen-bond acceptors (Lipinski definition) is 5. The van der Waals surface area contributed by atoms with E-state index in [4.69, 9.17) is 16.3 Å². The normalized spacial score (nSPS) is 10.5. The summed E-state index contributed by atoms with van der Waals surface area (Å²) in [5.74, 6) is 0.221. The highest BCUT2D eigenvalue weighted by Crippen LogP contribution is 2.29. The topological polar surface area (TPSA) is 93.2 Å². The molecule has 0 spiro atoms. The minimum atomic E-state index is -0.401. The predicted octanol–water partition coefficient (Wildman–Crippen LogP) is 5.34. The Labute approximate surface area is 195 Å². The smallest absolute Gasteiger partial charge is 0.258 e. The number of aromatic nitrogens is 2. The number of carbonyl (C=O) groups excluding carboxylic acids is 2. The lowest BCUT2D eigenvalue weighted by atomic mass is 10.0. The summed E-state index contributed by atoms with van der Waals surface area (Å²) in [4.78, 5) is 33.0. The van der Waals surface area contributed by atoms with E-state index in [0.717, 1.165) is 11.1 Å². The van der Waals surface area contributed by atoms with Crippen LogP contribution in [0.2, 0.25) is 5.02 Å². The summed E-state index contributed by atoms with van der Waals surface area (Å²) < 4.78 is 5.13. The third-order valence-electron chi connectivity index (χ3n) is 4.94. The van der Waals surface area contributed by atoms with Gasteiger partial charge in [-0.2, -0.15) is 0 Å². The van der Waals surface area contributed by atoms with Crippen LogP contribution in [0.15, 0.2) is 79.6 Å². The molecule has 1 aromatic heterocycles. The highest BCUT2D eigenvalue weighted by molar-refractivity contribution is 6.34. The molecule has 0 aliphatic carbocycles. The van der Waals surface area contributed by atoms with Gasteiger partial charge in [0.2, 0.25) is 5.91 Å². The van der Waals surface area contributed by atoms with Gasteiger partial charge in [-0.1, -0.05) is 36.4 Å². The molecule has 2 N–H and O–H groups in total. The number of nitrogens with one attached hydrogen (secondary N) is 2. The van der Waals surface area contributed by atoms with Crippen LogP contribution < -0.4 is 15.4 Å². The van der Waals surface area contributed by atoms with Gasteiger partial charge in [-0.3, -0.25) is 9.59 Å². The van der Waals surface area contributed by atoms with Crippen LogP contribution in [0.25, 0.3) is 22.0 Å². The average Bonchev–Trinajstić information content (AvgIpc) is 2.83. The number of halogens is 1. The Balaban J connectivity index is 1.68. The average molecular weight is 459 g/mol. The first kappa shape index (κ1) is 22.0. The molecule has 0 radical (unpaired) electrons. The number of methoxy groups -OCH3 is 1. The molecule has 164 valence electrons. The Morgan fingerprint density at radius 3 is 2.58 bits per heavy atom. The number of carbonyl (C=O) groups is 2. The zero-order valence-corrected chi connectivity index (χ0v) is 18.4. The SMILES string of the molecule is C=CC(=O)Nc1cccc(-c2ccc3ncnc(NC(=O)c4ccc(OC)cc4Cl)c3c2)c1. The molecule has 0 bridgehead atoms. The van der Waals surface area contributed by atoms with Crippen molar-refractivity contribution in [2.75, 3.05) is 17.7 Å². The molecule has 4 aromatic rings. The van der Waals surface area contributed by atoms with E-state index in [1.807, 2.05) is 36.4 Å². The molecule has 0 unspecified atom stereocenters. The Bertz CT molecular complexity index is 1390. The van der Waals surface area contributed by atoms with Crippen molar-refractivity contribution in [2.45, 2.75) is 0 Å². The van der Waals surface area contributed by atoms with Crippen LogP contribution in [-0.4, -0.2) is 28.9 Å². The van der Waals surface area contributed by atoms with E-state index < -0.39 is 5.91 Å². The van der Waals surface area contributed by atoms with Gasteiger partial charge in [-0.05, 0) is 59.7 Å². The number of benzene rings is 3. The summed E-state index contributed by atoms with van der Waals surface area (Å²) in [5.41, 5.74) is 3.35. The molecular weight excluding hydrogens is 440 g/mol. The lowest BCUT2D eigenvalue weighted by Gasteiger charge is -2.11. The van der Waals surface area contributed by atoms with E-state index in [2.05, 4.69) is 27.2 Å². The van der Waals surface area contributed by atoms with Gasteiger partial charge >= 0.3 is 0 Å². The molecule has 33 heavy (non-hydrogen) atoms. The van der Waals surface area contributed by atoms with E-state index in [9.17, 15) is 9.59 Å². The molecule has 2 amide bonds. The predicted molar refractivity (Wildman–Crippen MR) is 130 cm³/mol. The van der Waals surface area contributed by atoms with Crippen molar-refractivity contribution >= 4 is 45.8 Å². The minimum absolute atomic E-state index is 0.268. The maximum Gasteiger partial charge on any atom is 0.258 e. The van der Waals surface area contributed by atoms with Crippen LogP contribution in [-0.2, 0) is 4.79 Å². The Morgan fingerprint density at radius 2 is 1.82 bits per heavy atom. The van der Waals surface area contributed by atoms with E-state index >= 15 is 0 Å². The lowest BCUT2D eigenvalue weighted by molar-refractivity contribution is -0.111. The van der Waals surface area contributed by atoms with Crippen molar-refractivity contribution in [2.24, 2.45) is 0 Å². The van der Waals surface area contributed by atoms with Crippen LogP contribution in [0.4, 0.5) is 11.5 Å². The second-order valence-corrected chi connectivity index (χ2v) is 7.44. The van der Waals surface area contributed by atoms with Gasteiger partial charge in [0.15, 0.2) is 0 Å². The van der Waals surface area contributed by atoms with E-state index in [1.54, 1.807) is 24.3 Å². The first-order valence-electron chi connectivity index (χ1n) is 9.92. The lowest BCUT2D eigenvalue weighted by Crippen LogP contribution is -2.14. The second-order valence-electron chi connectivity index (χ2n) is 7.03. The van der Waals surface area contributed by atoms with Crippen molar-refractivity contribution in [1.29, 1.82) is 0 Å². The van der Waals surface area contributed by atoms with E-state index in [1.165, 1.54) is 19.5 Å². The molecule has 0 atom stereocenters. The van der Waals surface area contributed by atoms with E-state index in [0.29, 0.717) is 33.7 Å². The molecular formula is C25H19ClN4O3. The summed E-state index contributed by atoms with van der Waals surface area (Å²) >= 11 is 6.24. The molecule has 8 heteroatoms. The van der Waals surface area contributed by atoms with Crippen LogP contribution >= 0.6 is 11.6 Å². The Morgan fingerprint density at radius 1 is 1.00 bits per heavy atom. The number of amides is 2. The molecule has 7 nitrogen and oxygen atoms in total. The number of nitrogens with zero attached hydrogens (tertiary/aromatic N) is 2. The quantitative estimate of drug-likeness (QED) is 0.380. The summed E-state index contributed by atoms with van der Waals surface area (Å²) in [6.07, 6.45) is 2.60. The fourth-order valence-electron chi connectivity index (χ4n) is 3.29. The van der Waals surface area contributed by atoms with Crippen LogP contribution in [0.5, 0.6) is 5.75 Å². The number of hydrogen-bond donors (Lipinski definition) is 2. The summed E-state index contributed by atoms with van der Waals surface area (Å²) in [6.45, 7) is 3.47. The monoisotopic (exact) mass is 458 g/mol. The number of rotatable bonds is 6. The molecule has 0 aliphatic rings. The fourth-order valence-corrected chi connectivity index (χ4v) is 3.54. The van der Waals surface area contributed by atoms with Crippen LogP contribution in [0.3, 0.4) is 0 Å². The van der Waals surface area contributed by atoms with Crippen molar-refractivity contribution in [3.8, 4) is 16.9 Å². The Kier molecular flexibility index (Phi) is 6.33. The zero-order valence-electron chi connectivity index (χ0n) is 17.6. The second kappa shape index (κ2) is 9.50. The minimum Gasteiger partial charge on any atom is -0.497 e. The molecule has 0 fully saturated rings. The molecule has 4 rings (SSSR count). The van der Waals surface area contributed by atoms with Gasteiger partial charge < -0.3 is 15.4 Å². The molecule has 3 aromatic carbocycles. The van der Waals surface area contributed by atoms with Gasteiger partial charge in [0.1, 0.15) is 17.9 Å². The molecule has 0 aliphatic heterocycles. The van der Waals surface area contributed by atoms with E-state index in [-0.39, 0.29) is 10.9 Å². The van der Waals surface area contributed by atoms with Crippen LogP contribution in [0.1, 0.15) is 10.4 Å². The third kappa shape index (κ3) is 4.83. The van der Waals surface area contributed by atoms with Crippen molar-refractivity contribution < 1.29 is 14.3 Å². The first-order valence-corrected chi connectivity index (χ1v) is 10.3. The van der Waals surface area contributed by atoms with Crippen LogP contribution in [0, 0.1) is 0 Å². The van der Waals surface area contributed by atoms with Crippen molar-refractivity contribution in [1.82, 2.24) is 9.97 Å².